The Bertz CT molecular complexity index is 385. The highest BCUT2D eigenvalue weighted by atomic mass is 32.1. The van der Waals surface area contributed by atoms with Gasteiger partial charge in [-0.15, -0.1) is 10.2 Å². The molecule has 2 rings (SSSR count). The van der Waals surface area contributed by atoms with Gasteiger partial charge in [0.1, 0.15) is 5.01 Å². The van der Waals surface area contributed by atoms with Crippen LogP contribution in [0.4, 0.5) is 5.13 Å². The molecule has 1 aliphatic rings. The van der Waals surface area contributed by atoms with Crippen LogP contribution >= 0.6 is 11.3 Å². The number of aromatic nitrogens is 2. The minimum atomic E-state index is -0.0478. The predicted molar refractivity (Wildman–Crippen MR) is 72.1 cm³/mol. The number of nitrogens with zero attached hydrogens (tertiary/aromatic N) is 3. The van der Waals surface area contributed by atoms with Gasteiger partial charge in [-0.05, 0) is 26.2 Å². The van der Waals surface area contributed by atoms with Crippen LogP contribution in [0.5, 0.6) is 0 Å². The predicted octanol–water partition coefficient (Wildman–Crippen LogP) is 1.46. The zero-order valence-electron chi connectivity index (χ0n) is 11.1. The Hall–Kier alpha value is -0.720. The summed E-state index contributed by atoms with van der Waals surface area (Å²) in [6, 6.07) is 0. The summed E-state index contributed by atoms with van der Waals surface area (Å²) in [6.07, 6.45) is 3.04. The van der Waals surface area contributed by atoms with E-state index in [9.17, 15) is 5.11 Å². The van der Waals surface area contributed by atoms with Gasteiger partial charge in [-0.2, -0.15) is 0 Å². The van der Waals surface area contributed by atoms with Gasteiger partial charge in [-0.25, -0.2) is 0 Å². The molecule has 0 saturated carbocycles. The van der Waals surface area contributed by atoms with Crippen molar-refractivity contribution in [2.75, 3.05) is 38.3 Å². The Balaban J connectivity index is 2.06. The van der Waals surface area contributed by atoms with E-state index in [-0.39, 0.29) is 12.0 Å². The number of hydrogen-bond acceptors (Lipinski definition) is 6. The van der Waals surface area contributed by atoms with Crippen LogP contribution in [0.3, 0.4) is 0 Å². The van der Waals surface area contributed by atoms with Crippen LogP contribution in [0.25, 0.3) is 0 Å². The van der Waals surface area contributed by atoms with Gasteiger partial charge in [0.15, 0.2) is 0 Å². The standard InChI is InChI=1S/C12H21N3O2S/c1-10-13-14-11(18-10)15-6-3-4-12(8-15,9-16)5-7-17-2/h16H,3-9H2,1-2H3/t12-/m1/s1. The summed E-state index contributed by atoms with van der Waals surface area (Å²) in [6.45, 7) is 4.73. The number of anilines is 1. The van der Waals surface area contributed by atoms with Crippen LogP contribution < -0.4 is 4.90 Å². The van der Waals surface area contributed by atoms with E-state index in [0.717, 1.165) is 42.5 Å². The summed E-state index contributed by atoms with van der Waals surface area (Å²) < 4.78 is 5.16. The summed E-state index contributed by atoms with van der Waals surface area (Å²) in [4.78, 5) is 2.25. The maximum Gasteiger partial charge on any atom is 0.208 e. The molecule has 1 aromatic heterocycles. The van der Waals surface area contributed by atoms with Crippen LogP contribution in [0.2, 0.25) is 0 Å². The van der Waals surface area contributed by atoms with Gasteiger partial charge in [0.25, 0.3) is 0 Å². The van der Waals surface area contributed by atoms with E-state index in [1.807, 2.05) is 6.92 Å². The maximum absolute atomic E-state index is 9.72. The molecule has 102 valence electrons. The fourth-order valence-corrected chi connectivity index (χ4v) is 3.23. The Labute approximate surface area is 112 Å². The van der Waals surface area contributed by atoms with Crippen molar-refractivity contribution in [3.63, 3.8) is 0 Å². The highest BCUT2D eigenvalue weighted by Gasteiger charge is 2.35. The zero-order valence-corrected chi connectivity index (χ0v) is 11.9. The first-order valence-electron chi connectivity index (χ1n) is 6.34. The maximum atomic E-state index is 9.72. The van der Waals surface area contributed by atoms with Gasteiger partial charge in [-0.3, -0.25) is 0 Å². The first kappa shape index (κ1) is 13.7. The molecular formula is C12H21N3O2S. The minimum absolute atomic E-state index is 0.0478. The Kier molecular flexibility index (Phi) is 4.53. The monoisotopic (exact) mass is 271 g/mol. The Morgan fingerprint density at radius 3 is 2.94 bits per heavy atom. The van der Waals surface area contributed by atoms with Crippen molar-refractivity contribution in [3.05, 3.63) is 5.01 Å². The lowest BCUT2D eigenvalue weighted by molar-refractivity contribution is 0.0626. The van der Waals surface area contributed by atoms with Crippen molar-refractivity contribution in [2.24, 2.45) is 5.41 Å². The molecule has 2 heterocycles. The van der Waals surface area contributed by atoms with Crippen LogP contribution in [-0.4, -0.2) is 48.7 Å². The number of aliphatic hydroxyl groups excluding tert-OH is 1. The molecule has 0 aliphatic carbocycles. The van der Waals surface area contributed by atoms with Crippen molar-refractivity contribution in [3.8, 4) is 0 Å². The van der Waals surface area contributed by atoms with E-state index in [1.54, 1.807) is 18.4 Å². The molecule has 0 aromatic carbocycles. The molecule has 0 bridgehead atoms. The van der Waals surface area contributed by atoms with E-state index in [1.165, 1.54) is 0 Å². The largest absolute Gasteiger partial charge is 0.396 e. The number of aryl methyl sites for hydroxylation is 1. The summed E-state index contributed by atoms with van der Waals surface area (Å²) in [5, 5.41) is 20.0. The molecular weight excluding hydrogens is 250 g/mol. The number of hydrogen-bond donors (Lipinski definition) is 1. The average molecular weight is 271 g/mol. The molecule has 1 saturated heterocycles. The molecule has 0 unspecified atom stereocenters. The smallest absolute Gasteiger partial charge is 0.208 e. The molecule has 0 spiro atoms. The summed E-state index contributed by atoms with van der Waals surface area (Å²) in [7, 11) is 1.71. The lowest BCUT2D eigenvalue weighted by atomic mass is 9.78. The molecule has 1 fully saturated rings. The first-order chi connectivity index (χ1) is 8.69. The highest BCUT2D eigenvalue weighted by molar-refractivity contribution is 7.15. The molecule has 18 heavy (non-hydrogen) atoms. The van der Waals surface area contributed by atoms with Crippen LogP contribution in [0.1, 0.15) is 24.3 Å². The minimum Gasteiger partial charge on any atom is -0.396 e. The number of aliphatic hydroxyl groups is 1. The summed E-state index contributed by atoms with van der Waals surface area (Å²) in [5.41, 5.74) is -0.0478. The van der Waals surface area contributed by atoms with Gasteiger partial charge in [-0.1, -0.05) is 11.3 Å². The quantitative estimate of drug-likeness (QED) is 0.878. The van der Waals surface area contributed by atoms with E-state index in [4.69, 9.17) is 4.74 Å². The van der Waals surface area contributed by atoms with E-state index < -0.39 is 0 Å². The van der Waals surface area contributed by atoms with E-state index >= 15 is 0 Å². The van der Waals surface area contributed by atoms with Crippen LogP contribution in [-0.2, 0) is 4.74 Å². The second-order valence-electron chi connectivity index (χ2n) is 5.03. The van der Waals surface area contributed by atoms with Crippen molar-refractivity contribution in [1.82, 2.24) is 10.2 Å². The normalized spacial score (nSPS) is 24.5. The van der Waals surface area contributed by atoms with Crippen LogP contribution in [0.15, 0.2) is 0 Å². The number of piperidine rings is 1. The second-order valence-corrected chi connectivity index (χ2v) is 6.19. The third-order valence-corrected chi connectivity index (χ3v) is 4.52. The Morgan fingerprint density at radius 1 is 1.50 bits per heavy atom. The third kappa shape index (κ3) is 2.99. The van der Waals surface area contributed by atoms with Crippen molar-refractivity contribution >= 4 is 16.5 Å². The SMILES string of the molecule is COCC[C@]1(CO)CCCN(c2nnc(C)s2)C1. The van der Waals surface area contributed by atoms with Gasteiger partial charge < -0.3 is 14.7 Å². The summed E-state index contributed by atoms with van der Waals surface area (Å²) >= 11 is 1.62. The third-order valence-electron chi connectivity index (χ3n) is 3.62. The summed E-state index contributed by atoms with van der Waals surface area (Å²) in [5.74, 6) is 0. The van der Waals surface area contributed by atoms with Crippen molar-refractivity contribution in [1.29, 1.82) is 0 Å². The average Bonchev–Trinajstić information content (AvgIpc) is 2.83. The van der Waals surface area contributed by atoms with Gasteiger partial charge in [0.2, 0.25) is 5.13 Å². The van der Waals surface area contributed by atoms with Crippen LogP contribution in [0, 0.1) is 12.3 Å². The number of ether oxygens (including phenoxy) is 1. The van der Waals surface area contributed by atoms with E-state index in [2.05, 4.69) is 15.1 Å². The fraction of sp³-hybridized carbons (Fsp3) is 0.833. The zero-order chi connectivity index (χ0) is 13.0. The molecule has 0 radical (unpaired) electrons. The number of rotatable bonds is 5. The number of methoxy groups -OCH3 is 1. The molecule has 5 nitrogen and oxygen atoms in total. The first-order valence-corrected chi connectivity index (χ1v) is 7.16. The van der Waals surface area contributed by atoms with Gasteiger partial charge in [0.05, 0.1) is 6.61 Å². The molecule has 1 atom stereocenters. The molecule has 1 N–H and O–H groups in total. The fourth-order valence-electron chi connectivity index (χ4n) is 2.52. The molecule has 1 aromatic rings. The van der Waals surface area contributed by atoms with Crippen molar-refractivity contribution in [2.45, 2.75) is 26.2 Å². The molecule has 1 aliphatic heterocycles. The second kappa shape index (κ2) is 5.95. The topological polar surface area (TPSA) is 58.5 Å². The molecule has 0 amide bonds. The highest BCUT2D eigenvalue weighted by Crippen LogP contribution is 2.35. The Morgan fingerprint density at radius 2 is 2.33 bits per heavy atom. The molecule has 6 heteroatoms. The van der Waals surface area contributed by atoms with Gasteiger partial charge >= 0.3 is 0 Å². The lowest BCUT2D eigenvalue weighted by Gasteiger charge is -2.41. The van der Waals surface area contributed by atoms with Gasteiger partial charge in [0, 0.05) is 32.2 Å². The van der Waals surface area contributed by atoms with E-state index in [0.29, 0.717) is 6.61 Å². The van der Waals surface area contributed by atoms with Crippen molar-refractivity contribution < 1.29 is 9.84 Å². The lowest BCUT2D eigenvalue weighted by Crippen LogP contribution is -2.46.